The Morgan fingerprint density at radius 3 is 2.59 bits per heavy atom. The molecule has 1 N–H and O–H groups in total. The molecule has 0 saturated carbocycles. The van der Waals surface area contributed by atoms with Gasteiger partial charge >= 0.3 is 0 Å². The summed E-state index contributed by atoms with van der Waals surface area (Å²) in [5, 5.41) is 3.59. The first kappa shape index (κ1) is 19.0. The summed E-state index contributed by atoms with van der Waals surface area (Å²) < 4.78 is 1.10. The van der Waals surface area contributed by atoms with Gasteiger partial charge in [-0.2, -0.15) is 0 Å². The van der Waals surface area contributed by atoms with Crippen LogP contribution in [0.1, 0.15) is 39.5 Å². The summed E-state index contributed by atoms with van der Waals surface area (Å²) in [6, 6.07) is 13.3. The minimum atomic E-state index is -0.243. The molecule has 0 aliphatic rings. The Balaban J connectivity index is 1.62. The number of fused-ring (bicyclic) bond motifs is 1. The Bertz CT molecular complexity index is 963. The molecule has 1 heterocycles. The van der Waals surface area contributed by atoms with E-state index in [2.05, 4.69) is 10.3 Å². The summed E-state index contributed by atoms with van der Waals surface area (Å²) in [6.45, 7) is 5.86. The summed E-state index contributed by atoms with van der Waals surface area (Å²) in [5.41, 5.74) is 3.68. The summed E-state index contributed by atoms with van der Waals surface area (Å²) in [4.78, 5) is 31.1. The summed E-state index contributed by atoms with van der Waals surface area (Å²) >= 11 is 1.58. The van der Waals surface area contributed by atoms with E-state index in [9.17, 15) is 9.59 Å². The molecule has 1 aromatic heterocycles. The van der Waals surface area contributed by atoms with Crippen molar-refractivity contribution in [2.75, 3.05) is 13.6 Å². The minimum absolute atomic E-state index is 0.0442. The number of benzene rings is 2. The lowest BCUT2D eigenvalue weighted by Crippen LogP contribution is -2.39. The van der Waals surface area contributed by atoms with Gasteiger partial charge in [0.15, 0.2) is 0 Å². The first-order valence-electron chi connectivity index (χ1n) is 8.83. The molecule has 0 unspecified atom stereocenters. The molecule has 3 rings (SSSR count). The van der Waals surface area contributed by atoms with Crippen LogP contribution in [0, 0.1) is 13.8 Å². The molecule has 0 bridgehead atoms. The summed E-state index contributed by atoms with van der Waals surface area (Å²) in [7, 11) is 1.74. The van der Waals surface area contributed by atoms with Crippen molar-refractivity contribution in [1.82, 2.24) is 15.2 Å². The summed E-state index contributed by atoms with van der Waals surface area (Å²) in [6.07, 6.45) is 0. The van der Waals surface area contributed by atoms with E-state index in [1.807, 2.05) is 57.2 Å². The van der Waals surface area contributed by atoms with Crippen LogP contribution in [0.3, 0.4) is 0 Å². The molecule has 2 amide bonds. The van der Waals surface area contributed by atoms with Crippen LogP contribution in [0.5, 0.6) is 0 Å². The molecule has 2 aromatic carbocycles. The Labute approximate surface area is 163 Å². The zero-order chi connectivity index (χ0) is 19.6. The fourth-order valence-corrected chi connectivity index (χ4v) is 3.78. The molecular formula is C21H23N3O2S. The number of carbonyl (C=O) groups excluding carboxylic acids is 2. The molecule has 6 heteroatoms. The van der Waals surface area contributed by atoms with Gasteiger partial charge in [0, 0.05) is 12.6 Å². The maximum Gasteiger partial charge on any atom is 0.251 e. The van der Waals surface area contributed by atoms with Gasteiger partial charge in [-0.1, -0.05) is 18.2 Å². The van der Waals surface area contributed by atoms with Gasteiger partial charge in [-0.25, -0.2) is 4.98 Å². The van der Waals surface area contributed by atoms with Gasteiger partial charge in [-0.05, 0) is 56.2 Å². The van der Waals surface area contributed by atoms with E-state index in [1.165, 1.54) is 0 Å². The molecule has 0 radical (unpaired) electrons. The van der Waals surface area contributed by atoms with Crippen molar-refractivity contribution in [2.45, 2.75) is 26.8 Å². The Kier molecular flexibility index (Phi) is 5.56. The second-order valence-corrected chi connectivity index (χ2v) is 7.74. The SMILES string of the molecule is Cc1ccc(C(=O)NCC(=O)N(C)[C@H](C)c2nc3ccccc3s2)cc1C. The monoisotopic (exact) mass is 381 g/mol. The van der Waals surface area contributed by atoms with Crippen molar-refractivity contribution in [2.24, 2.45) is 0 Å². The molecule has 140 valence electrons. The van der Waals surface area contributed by atoms with Crippen LogP contribution >= 0.6 is 11.3 Å². The van der Waals surface area contributed by atoms with Crippen LogP contribution in [0.4, 0.5) is 0 Å². The van der Waals surface area contributed by atoms with E-state index in [0.29, 0.717) is 5.56 Å². The van der Waals surface area contributed by atoms with Crippen molar-refractivity contribution in [3.05, 3.63) is 64.2 Å². The zero-order valence-electron chi connectivity index (χ0n) is 15.9. The van der Waals surface area contributed by atoms with E-state index in [0.717, 1.165) is 26.4 Å². The lowest BCUT2D eigenvalue weighted by molar-refractivity contribution is -0.130. The van der Waals surface area contributed by atoms with Crippen LogP contribution in [0.2, 0.25) is 0 Å². The number of aryl methyl sites for hydroxylation is 2. The topological polar surface area (TPSA) is 62.3 Å². The highest BCUT2D eigenvalue weighted by Gasteiger charge is 2.21. The van der Waals surface area contributed by atoms with Crippen molar-refractivity contribution in [1.29, 1.82) is 0 Å². The quantitative estimate of drug-likeness (QED) is 0.730. The average molecular weight is 382 g/mol. The number of rotatable bonds is 5. The smallest absolute Gasteiger partial charge is 0.251 e. The van der Waals surface area contributed by atoms with Crippen LogP contribution in [-0.2, 0) is 4.79 Å². The molecule has 27 heavy (non-hydrogen) atoms. The van der Waals surface area contributed by atoms with E-state index < -0.39 is 0 Å². The third-order valence-electron chi connectivity index (χ3n) is 4.81. The van der Waals surface area contributed by atoms with Crippen LogP contribution < -0.4 is 5.32 Å². The van der Waals surface area contributed by atoms with E-state index >= 15 is 0 Å². The average Bonchev–Trinajstić information content (AvgIpc) is 3.11. The van der Waals surface area contributed by atoms with Crippen LogP contribution in [0.25, 0.3) is 10.2 Å². The highest BCUT2D eigenvalue weighted by Crippen LogP contribution is 2.28. The standard InChI is InChI=1S/C21H23N3O2S/c1-13-9-10-16(11-14(13)2)20(26)22-12-19(25)24(4)15(3)21-23-17-7-5-6-8-18(17)27-21/h5-11,15H,12H2,1-4H3,(H,22,26)/t15-/m1/s1. The van der Waals surface area contributed by atoms with Gasteiger partial charge < -0.3 is 10.2 Å². The third-order valence-corrected chi connectivity index (χ3v) is 6.02. The lowest BCUT2D eigenvalue weighted by Gasteiger charge is -2.23. The predicted octanol–water partition coefficient (Wildman–Crippen LogP) is 3.86. The van der Waals surface area contributed by atoms with Gasteiger partial charge in [-0.3, -0.25) is 9.59 Å². The molecular weight excluding hydrogens is 358 g/mol. The Hall–Kier alpha value is -2.73. The van der Waals surface area contributed by atoms with Crippen LogP contribution in [0.15, 0.2) is 42.5 Å². The second-order valence-electron chi connectivity index (χ2n) is 6.68. The number of hydrogen-bond donors (Lipinski definition) is 1. The normalized spacial score (nSPS) is 12.0. The number of likely N-dealkylation sites (N-methyl/N-ethyl adjacent to an activating group) is 1. The predicted molar refractivity (Wildman–Crippen MR) is 109 cm³/mol. The van der Waals surface area contributed by atoms with E-state index in [-0.39, 0.29) is 24.4 Å². The largest absolute Gasteiger partial charge is 0.343 e. The molecule has 0 fully saturated rings. The third kappa shape index (κ3) is 4.17. The van der Waals surface area contributed by atoms with Crippen LogP contribution in [-0.4, -0.2) is 35.3 Å². The fraction of sp³-hybridized carbons (Fsp3) is 0.286. The van der Waals surface area contributed by atoms with Crippen molar-refractivity contribution < 1.29 is 9.59 Å². The van der Waals surface area contributed by atoms with Crippen molar-refractivity contribution in [3.63, 3.8) is 0 Å². The minimum Gasteiger partial charge on any atom is -0.343 e. The van der Waals surface area contributed by atoms with Crippen molar-refractivity contribution in [3.8, 4) is 0 Å². The molecule has 0 saturated heterocycles. The first-order valence-corrected chi connectivity index (χ1v) is 9.65. The highest BCUT2D eigenvalue weighted by molar-refractivity contribution is 7.18. The van der Waals surface area contributed by atoms with Gasteiger partial charge in [0.1, 0.15) is 5.01 Å². The van der Waals surface area contributed by atoms with Gasteiger partial charge in [0.2, 0.25) is 5.91 Å². The highest BCUT2D eigenvalue weighted by atomic mass is 32.1. The molecule has 0 spiro atoms. The zero-order valence-corrected chi connectivity index (χ0v) is 16.8. The number of para-hydroxylation sites is 1. The number of nitrogens with one attached hydrogen (secondary N) is 1. The lowest BCUT2D eigenvalue weighted by atomic mass is 10.1. The van der Waals surface area contributed by atoms with Crippen molar-refractivity contribution >= 4 is 33.4 Å². The summed E-state index contributed by atoms with van der Waals surface area (Å²) in [5.74, 6) is -0.397. The number of thiazole rings is 1. The van der Waals surface area contributed by atoms with E-state index in [1.54, 1.807) is 29.4 Å². The molecule has 0 aliphatic carbocycles. The number of carbonyl (C=O) groups is 2. The molecule has 5 nitrogen and oxygen atoms in total. The number of nitrogens with zero attached hydrogens (tertiary/aromatic N) is 2. The molecule has 1 atom stereocenters. The van der Waals surface area contributed by atoms with Gasteiger partial charge in [-0.15, -0.1) is 11.3 Å². The van der Waals surface area contributed by atoms with Gasteiger partial charge in [0.05, 0.1) is 22.8 Å². The van der Waals surface area contributed by atoms with Gasteiger partial charge in [0.25, 0.3) is 5.91 Å². The molecule has 0 aliphatic heterocycles. The Morgan fingerprint density at radius 2 is 1.89 bits per heavy atom. The maximum atomic E-state index is 12.5. The first-order chi connectivity index (χ1) is 12.9. The maximum absolute atomic E-state index is 12.5. The molecule has 3 aromatic rings. The number of amides is 2. The fourth-order valence-electron chi connectivity index (χ4n) is 2.72. The second kappa shape index (κ2) is 7.88. The Morgan fingerprint density at radius 1 is 1.15 bits per heavy atom. The number of hydrogen-bond acceptors (Lipinski definition) is 4. The number of aromatic nitrogens is 1. The van der Waals surface area contributed by atoms with E-state index in [4.69, 9.17) is 0 Å².